The van der Waals surface area contributed by atoms with Crippen molar-refractivity contribution >= 4 is 23.4 Å². The number of hydrogen-bond acceptors (Lipinski definition) is 6. The molecule has 0 saturated carbocycles. The number of carbonyl (C=O) groups is 3. The molecule has 0 aliphatic carbocycles. The van der Waals surface area contributed by atoms with Gasteiger partial charge in [0.2, 0.25) is 11.7 Å². The number of carbonyl (C=O) groups excluding carboxylic acids is 3. The normalized spacial score (nSPS) is 22.4. The van der Waals surface area contributed by atoms with Crippen molar-refractivity contribution in [3.05, 3.63) is 12.0 Å². The van der Waals surface area contributed by atoms with E-state index >= 15 is 0 Å². The summed E-state index contributed by atoms with van der Waals surface area (Å²) in [6.45, 7) is 2.54. The Morgan fingerprint density at radius 2 is 2.06 bits per heavy atom. The predicted molar refractivity (Wildman–Crippen MR) is 57.2 cm³/mol. The fourth-order valence-corrected chi connectivity index (χ4v) is 1.51. The van der Waals surface area contributed by atoms with Gasteiger partial charge in [-0.05, 0) is 0 Å². The molecule has 0 saturated heterocycles. The van der Waals surface area contributed by atoms with Crippen LogP contribution in [0.2, 0.25) is 0 Å². The number of nitrogens with two attached hydrogens (primary N) is 1. The number of rotatable bonds is 1. The second-order valence-electron chi connectivity index (χ2n) is 3.77. The molecule has 0 radical (unpaired) electrons. The fourth-order valence-electron chi connectivity index (χ4n) is 1.51. The third-order valence-corrected chi connectivity index (χ3v) is 2.50. The maximum absolute atomic E-state index is 11.7. The molecule has 8 nitrogen and oxygen atoms in total. The third-order valence-electron chi connectivity index (χ3n) is 2.50. The highest BCUT2D eigenvalue weighted by molar-refractivity contribution is 6.06. The smallest absolute Gasteiger partial charge is 0.276 e. The molecule has 8 heteroatoms. The van der Waals surface area contributed by atoms with Crippen LogP contribution in [0.1, 0.15) is 29.1 Å². The van der Waals surface area contributed by atoms with E-state index in [4.69, 9.17) is 5.73 Å². The lowest BCUT2D eigenvalue weighted by Crippen LogP contribution is -2.68. The largest absolute Gasteiger partial charge is 0.328 e. The van der Waals surface area contributed by atoms with Gasteiger partial charge in [-0.15, -0.1) is 0 Å². The Morgan fingerprint density at radius 3 is 2.59 bits per heavy atom. The van der Waals surface area contributed by atoms with Crippen molar-refractivity contribution in [2.45, 2.75) is 19.6 Å². The summed E-state index contributed by atoms with van der Waals surface area (Å²) in [5.74, 6) is -3.01. The molecule has 1 aliphatic heterocycles. The first-order valence-electron chi connectivity index (χ1n) is 4.84. The average molecular weight is 237 g/mol. The molecule has 2 rings (SSSR count). The van der Waals surface area contributed by atoms with E-state index in [9.17, 15) is 14.4 Å². The van der Waals surface area contributed by atoms with Crippen molar-refractivity contribution in [1.82, 2.24) is 14.9 Å². The highest BCUT2D eigenvalue weighted by Gasteiger charge is 2.40. The molecular weight excluding hydrogens is 226 g/mol. The van der Waals surface area contributed by atoms with Crippen molar-refractivity contribution in [3.63, 3.8) is 0 Å². The molecule has 17 heavy (non-hydrogen) atoms. The van der Waals surface area contributed by atoms with Gasteiger partial charge < -0.3 is 10.6 Å². The van der Waals surface area contributed by atoms with Gasteiger partial charge in [0.05, 0.1) is 0 Å². The van der Waals surface area contributed by atoms with Gasteiger partial charge in [0.1, 0.15) is 12.1 Å². The zero-order valence-corrected chi connectivity index (χ0v) is 9.27. The molecule has 0 bridgehead atoms. The van der Waals surface area contributed by atoms with E-state index in [0.29, 0.717) is 0 Å². The minimum absolute atomic E-state index is 0.0301. The van der Waals surface area contributed by atoms with Crippen LogP contribution in [0.5, 0.6) is 0 Å². The lowest BCUT2D eigenvalue weighted by atomic mass is 10.1. The molecule has 1 atom stereocenters. The van der Waals surface area contributed by atoms with Gasteiger partial charge in [0, 0.05) is 13.8 Å². The average Bonchev–Trinajstić information content (AvgIpc) is 2.60. The number of anilines is 1. The molecule has 0 spiro atoms. The Labute approximate surface area is 96.2 Å². The number of imidazole rings is 1. The summed E-state index contributed by atoms with van der Waals surface area (Å²) in [6.07, 6.45) is 1.20. The Balaban J connectivity index is 2.54. The number of ketones is 1. The first-order chi connectivity index (χ1) is 7.85. The molecule has 1 aliphatic rings. The Hall–Kier alpha value is -2.22. The van der Waals surface area contributed by atoms with Crippen LogP contribution in [-0.2, 0) is 4.79 Å². The van der Waals surface area contributed by atoms with E-state index in [1.807, 2.05) is 0 Å². The van der Waals surface area contributed by atoms with Crippen molar-refractivity contribution in [1.29, 1.82) is 0 Å². The second kappa shape index (κ2) is 3.39. The molecule has 1 aromatic rings. The van der Waals surface area contributed by atoms with Gasteiger partial charge in [0.25, 0.3) is 5.91 Å². The van der Waals surface area contributed by atoms with Gasteiger partial charge in [-0.1, -0.05) is 0 Å². The van der Waals surface area contributed by atoms with Gasteiger partial charge >= 0.3 is 0 Å². The first-order valence-corrected chi connectivity index (χ1v) is 4.84. The standard InChI is InChI=1S/C9H11N5O3/c1-4(15)9(10)12-7-6(8(17)13-9)11-3-14(7)5(2)16/h3,12H,10H2,1-2H3,(H,13,17). The second-order valence-corrected chi connectivity index (χ2v) is 3.77. The van der Waals surface area contributed by atoms with Gasteiger partial charge in [-0.25, -0.2) is 4.98 Å². The zero-order valence-electron chi connectivity index (χ0n) is 9.27. The maximum Gasteiger partial charge on any atom is 0.276 e. The van der Waals surface area contributed by atoms with E-state index in [1.165, 1.54) is 20.2 Å². The Kier molecular flexibility index (Phi) is 2.25. The fraction of sp³-hybridized carbons (Fsp3) is 0.333. The molecule has 4 N–H and O–H groups in total. The molecule has 0 fully saturated rings. The number of Topliss-reactive ketones (excluding diaryl/α,β-unsaturated/α-hetero) is 1. The van der Waals surface area contributed by atoms with Crippen molar-refractivity contribution in [2.24, 2.45) is 5.73 Å². The molecule has 0 aromatic carbocycles. The molecule has 1 amide bonds. The van der Waals surface area contributed by atoms with E-state index in [1.54, 1.807) is 0 Å². The highest BCUT2D eigenvalue weighted by Crippen LogP contribution is 2.21. The van der Waals surface area contributed by atoms with Crippen molar-refractivity contribution in [3.8, 4) is 0 Å². The summed E-state index contributed by atoms with van der Waals surface area (Å²) in [4.78, 5) is 38.1. The lowest BCUT2D eigenvalue weighted by Gasteiger charge is -2.33. The van der Waals surface area contributed by atoms with Crippen molar-refractivity contribution < 1.29 is 14.4 Å². The summed E-state index contributed by atoms with van der Waals surface area (Å²) < 4.78 is 1.12. The summed E-state index contributed by atoms with van der Waals surface area (Å²) in [5.41, 5.74) is 5.72. The van der Waals surface area contributed by atoms with Crippen LogP contribution in [0.15, 0.2) is 6.33 Å². The summed E-state index contributed by atoms with van der Waals surface area (Å²) in [7, 11) is 0. The predicted octanol–water partition coefficient (Wildman–Crippen LogP) is -1.10. The molecule has 1 aromatic heterocycles. The van der Waals surface area contributed by atoms with Crippen LogP contribution in [0, 0.1) is 0 Å². The van der Waals surface area contributed by atoms with E-state index < -0.39 is 17.5 Å². The lowest BCUT2D eigenvalue weighted by molar-refractivity contribution is -0.122. The Bertz CT molecular complexity index is 521. The molecular formula is C9H11N5O3. The minimum Gasteiger partial charge on any atom is -0.328 e. The number of amides is 1. The van der Waals surface area contributed by atoms with Crippen LogP contribution < -0.4 is 16.4 Å². The molecule has 90 valence electrons. The SMILES string of the molecule is CC(=O)n1cnc2c1NC(N)(C(C)=O)NC2=O. The summed E-state index contributed by atoms with van der Waals surface area (Å²) in [6, 6.07) is 0. The van der Waals surface area contributed by atoms with Crippen LogP contribution in [-0.4, -0.2) is 32.9 Å². The molecule has 1 unspecified atom stereocenters. The first kappa shape index (κ1) is 11.3. The summed E-state index contributed by atoms with van der Waals surface area (Å²) >= 11 is 0. The third kappa shape index (κ3) is 1.58. The van der Waals surface area contributed by atoms with E-state index in [-0.39, 0.29) is 17.4 Å². The number of aromatic nitrogens is 2. The number of nitrogens with one attached hydrogen (secondary N) is 2. The van der Waals surface area contributed by atoms with Crippen molar-refractivity contribution in [2.75, 3.05) is 5.32 Å². The quantitative estimate of drug-likeness (QED) is 0.570. The number of fused-ring (bicyclic) bond motifs is 1. The van der Waals surface area contributed by atoms with Crippen LogP contribution in [0.25, 0.3) is 0 Å². The number of hydrogen-bond donors (Lipinski definition) is 3. The molecule has 2 heterocycles. The van der Waals surface area contributed by atoms with E-state index in [0.717, 1.165) is 4.57 Å². The van der Waals surface area contributed by atoms with Gasteiger partial charge in [0.15, 0.2) is 11.5 Å². The highest BCUT2D eigenvalue weighted by atomic mass is 16.2. The Morgan fingerprint density at radius 1 is 1.41 bits per heavy atom. The van der Waals surface area contributed by atoms with Gasteiger partial charge in [-0.3, -0.25) is 24.7 Å². The van der Waals surface area contributed by atoms with Crippen LogP contribution in [0.4, 0.5) is 5.82 Å². The van der Waals surface area contributed by atoms with Crippen LogP contribution >= 0.6 is 0 Å². The number of nitrogens with zero attached hydrogens (tertiary/aromatic N) is 2. The maximum atomic E-state index is 11.7. The monoisotopic (exact) mass is 237 g/mol. The topological polar surface area (TPSA) is 119 Å². The zero-order chi connectivity index (χ0) is 12.8. The van der Waals surface area contributed by atoms with Crippen LogP contribution in [0.3, 0.4) is 0 Å². The van der Waals surface area contributed by atoms with E-state index in [2.05, 4.69) is 15.6 Å². The summed E-state index contributed by atoms with van der Waals surface area (Å²) in [5, 5.41) is 4.90. The van der Waals surface area contributed by atoms with Gasteiger partial charge in [-0.2, -0.15) is 0 Å². The minimum atomic E-state index is -1.71.